The van der Waals surface area contributed by atoms with Crippen LogP contribution in [-0.2, 0) is 0 Å². The average Bonchev–Trinajstić information content (AvgIpc) is 3.30. The molecule has 25 heavy (non-hydrogen) atoms. The van der Waals surface area contributed by atoms with Crippen LogP contribution in [0.2, 0.25) is 0 Å². The molecule has 0 aliphatic carbocycles. The van der Waals surface area contributed by atoms with Gasteiger partial charge in [0.2, 0.25) is 11.7 Å². The highest BCUT2D eigenvalue weighted by Crippen LogP contribution is 2.23. The summed E-state index contributed by atoms with van der Waals surface area (Å²) < 4.78 is 10.4. The van der Waals surface area contributed by atoms with E-state index >= 15 is 0 Å². The highest BCUT2D eigenvalue weighted by molar-refractivity contribution is 5.94. The summed E-state index contributed by atoms with van der Waals surface area (Å²) in [7, 11) is 1.57. The van der Waals surface area contributed by atoms with Crippen LogP contribution in [0.4, 0.5) is 0 Å². The van der Waals surface area contributed by atoms with Gasteiger partial charge < -0.3 is 14.6 Å². The molecule has 0 saturated carbocycles. The fourth-order valence-corrected chi connectivity index (χ4v) is 2.25. The standard InChI is InChI=1S/C16H18N6O3/c1-9(2)12(16-20-14(22-25-16)13-17-8-18-21-13)19-15(23)10-4-6-11(24-3)7-5-10/h4-9,12H,1-3H3,(H,19,23)(H,17,18,21)/t12-/m1/s1. The zero-order valence-electron chi connectivity index (χ0n) is 14.1. The fourth-order valence-electron chi connectivity index (χ4n) is 2.25. The van der Waals surface area contributed by atoms with E-state index in [0.717, 1.165) is 0 Å². The first kappa shape index (κ1) is 16.6. The molecule has 0 spiro atoms. The molecule has 3 rings (SSSR count). The van der Waals surface area contributed by atoms with E-state index in [2.05, 4.69) is 30.6 Å². The van der Waals surface area contributed by atoms with Gasteiger partial charge in [0.05, 0.1) is 7.11 Å². The second kappa shape index (κ2) is 7.12. The van der Waals surface area contributed by atoms with Crippen molar-refractivity contribution in [1.29, 1.82) is 0 Å². The minimum absolute atomic E-state index is 0.0465. The molecule has 0 radical (unpaired) electrons. The number of nitrogens with one attached hydrogen (secondary N) is 2. The quantitative estimate of drug-likeness (QED) is 0.703. The van der Waals surface area contributed by atoms with E-state index < -0.39 is 6.04 Å². The molecule has 3 aromatic rings. The lowest BCUT2D eigenvalue weighted by Gasteiger charge is -2.18. The first-order chi connectivity index (χ1) is 12.1. The van der Waals surface area contributed by atoms with Crippen molar-refractivity contribution < 1.29 is 14.1 Å². The summed E-state index contributed by atoms with van der Waals surface area (Å²) in [6, 6.07) is 6.42. The number of rotatable bonds is 6. The molecular weight excluding hydrogens is 324 g/mol. The Kier molecular flexibility index (Phi) is 4.73. The summed E-state index contributed by atoms with van der Waals surface area (Å²) in [5.74, 6) is 1.50. The molecule has 0 saturated heterocycles. The van der Waals surface area contributed by atoms with Gasteiger partial charge in [-0.05, 0) is 30.2 Å². The molecule has 0 bridgehead atoms. The van der Waals surface area contributed by atoms with Gasteiger partial charge >= 0.3 is 0 Å². The summed E-state index contributed by atoms with van der Waals surface area (Å²) in [6.45, 7) is 3.91. The molecule has 0 unspecified atom stereocenters. The SMILES string of the molecule is COc1ccc(C(=O)N[C@@H](c2nc(-c3ncn[nH]3)no2)C(C)C)cc1. The van der Waals surface area contributed by atoms with Gasteiger partial charge in [0, 0.05) is 5.56 Å². The monoisotopic (exact) mass is 342 g/mol. The summed E-state index contributed by atoms with van der Waals surface area (Å²) in [5.41, 5.74) is 0.515. The number of carbonyl (C=O) groups is 1. The van der Waals surface area contributed by atoms with Crippen molar-refractivity contribution in [2.24, 2.45) is 5.92 Å². The molecule has 9 nitrogen and oxygen atoms in total. The summed E-state index contributed by atoms with van der Waals surface area (Å²) in [5, 5.41) is 13.2. The van der Waals surface area contributed by atoms with Gasteiger partial charge in [-0.25, -0.2) is 4.98 Å². The lowest BCUT2D eigenvalue weighted by atomic mass is 10.0. The smallest absolute Gasteiger partial charge is 0.251 e. The largest absolute Gasteiger partial charge is 0.497 e. The third-order valence-corrected chi connectivity index (χ3v) is 3.64. The average molecular weight is 342 g/mol. The number of amides is 1. The fraction of sp³-hybridized carbons (Fsp3) is 0.312. The van der Waals surface area contributed by atoms with Crippen LogP contribution in [-0.4, -0.2) is 38.3 Å². The number of hydrogen-bond donors (Lipinski definition) is 2. The van der Waals surface area contributed by atoms with Crippen LogP contribution < -0.4 is 10.1 Å². The van der Waals surface area contributed by atoms with E-state index in [1.165, 1.54) is 6.33 Å². The molecule has 1 amide bonds. The van der Waals surface area contributed by atoms with Crippen molar-refractivity contribution in [3.63, 3.8) is 0 Å². The number of aromatic nitrogens is 5. The van der Waals surface area contributed by atoms with Gasteiger partial charge in [0.1, 0.15) is 18.1 Å². The molecule has 2 N–H and O–H groups in total. The van der Waals surface area contributed by atoms with E-state index in [1.54, 1.807) is 31.4 Å². The number of hydrogen-bond acceptors (Lipinski definition) is 7. The first-order valence-corrected chi connectivity index (χ1v) is 7.72. The van der Waals surface area contributed by atoms with E-state index in [0.29, 0.717) is 23.0 Å². The van der Waals surface area contributed by atoms with Gasteiger partial charge in [0.25, 0.3) is 5.91 Å². The van der Waals surface area contributed by atoms with E-state index in [4.69, 9.17) is 9.26 Å². The van der Waals surface area contributed by atoms with E-state index in [-0.39, 0.29) is 17.6 Å². The maximum Gasteiger partial charge on any atom is 0.251 e. The van der Waals surface area contributed by atoms with Gasteiger partial charge in [-0.1, -0.05) is 19.0 Å². The second-order valence-corrected chi connectivity index (χ2v) is 5.71. The second-order valence-electron chi connectivity index (χ2n) is 5.71. The molecule has 2 aromatic heterocycles. The number of carbonyl (C=O) groups excluding carboxylic acids is 1. The third kappa shape index (κ3) is 3.65. The first-order valence-electron chi connectivity index (χ1n) is 7.72. The lowest BCUT2D eigenvalue weighted by molar-refractivity contribution is 0.0914. The van der Waals surface area contributed by atoms with Crippen molar-refractivity contribution in [3.05, 3.63) is 42.0 Å². The van der Waals surface area contributed by atoms with Crippen molar-refractivity contribution >= 4 is 5.91 Å². The van der Waals surface area contributed by atoms with Crippen LogP contribution in [0.5, 0.6) is 5.75 Å². The molecule has 9 heteroatoms. The molecule has 0 aliphatic heterocycles. The lowest BCUT2D eigenvalue weighted by Crippen LogP contribution is -2.32. The molecule has 1 aromatic carbocycles. The number of benzene rings is 1. The Morgan fingerprint density at radius 1 is 1.28 bits per heavy atom. The third-order valence-electron chi connectivity index (χ3n) is 3.64. The molecule has 0 aliphatic rings. The normalized spacial score (nSPS) is 12.2. The minimum atomic E-state index is -0.432. The maximum absolute atomic E-state index is 12.5. The molecule has 130 valence electrons. The zero-order valence-corrected chi connectivity index (χ0v) is 14.1. The van der Waals surface area contributed by atoms with Crippen molar-refractivity contribution in [2.75, 3.05) is 7.11 Å². The Bertz CT molecular complexity index is 826. The Morgan fingerprint density at radius 2 is 2.04 bits per heavy atom. The summed E-state index contributed by atoms with van der Waals surface area (Å²) in [4.78, 5) is 20.8. The highest BCUT2D eigenvalue weighted by atomic mass is 16.5. The highest BCUT2D eigenvalue weighted by Gasteiger charge is 2.25. The van der Waals surface area contributed by atoms with Gasteiger partial charge in [0.15, 0.2) is 5.82 Å². The Morgan fingerprint density at radius 3 is 2.64 bits per heavy atom. The summed E-state index contributed by atoms with van der Waals surface area (Å²) in [6.07, 6.45) is 1.36. The van der Waals surface area contributed by atoms with Crippen LogP contribution >= 0.6 is 0 Å². The van der Waals surface area contributed by atoms with Gasteiger partial charge in [-0.15, -0.1) is 0 Å². The number of H-pyrrole nitrogens is 1. The van der Waals surface area contributed by atoms with Crippen molar-refractivity contribution in [1.82, 2.24) is 30.6 Å². The van der Waals surface area contributed by atoms with Crippen LogP contribution in [0.15, 0.2) is 35.1 Å². The topological polar surface area (TPSA) is 119 Å². The Hall–Kier alpha value is -3.23. The number of nitrogens with zero attached hydrogens (tertiary/aromatic N) is 4. The zero-order chi connectivity index (χ0) is 17.8. The summed E-state index contributed by atoms with van der Waals surface area (Å²) >= 11 is 0. The molecule has 2 heterocycles. The van der Waals surface area contributed by atoms with Gasteiger partial charge in [-0.3, -0.25) is 9.89 Å². The molecule has 1 atom stereocenters. The van der Waals surface area contributed by atoms with Crippen LogP contribution in [0.25, 0.3) is 11.6 Å². The van der Waals surface area contributed by atoms with E-state index in [9.17, 15) is 4.79 Å². The maximum atomic E-state index is 12.5. The van der Waals surface area contributed by atoms with Gasteiger partial charge in [-0.2, -0.15) is 10.1 Å². The van der Waals surface area contributed by atoms with Crippen molar-refractivity contribution in [3.8, 4) is 17.4 Å². The van der Waals surface area contributed by atoms with Crippen LogP contribution in [0.1, 0.15) is 36.1 Å². The Balaban J connectivity index is 1.78. The number of aromatic amines is 1. The number of ether oxygens (including phenoxy) is 1. The van der Waals surface area contributed by atoms with Crippen molar-refractivity contribution in [2.45, 2.75) is 19.9 Å². The predicted octanol–water partition coefficient (Wildman–Crippen LogP) is 1.99. The van der Waals surface area contributed by atoms with E-state index in [1.807, 2.05) is 13.8 Å². The molecular formula is C16H18N6O3. The predicted molar refractivity (Wildman–Crippen MR) is 87.7 cm³/mol. The molecule has 0 fully saturated rings. The van der Waals surface area contributed by atoms with Crippen LogP contribution in [0.3, 0.4) is 0 Å². The Labute approximate surface area is 143 Å². The minimum Gasteiger partial charge on any atom is -0.497 e. The number of methoxy groups -OCH3 is 1. The van der Waals surface area contributed by atoms with Crippen LogP contribution in [0, 0.1) is 5.92 Å².